The molecule has 0 unspecified atom stereocenters. The second kappa shape index (κ2) is 10.0. The zero-order valence-electron chi connectivity index (χ0n) is 21.1. The topological polar surface area (TPSA) is 79.5 Å². The molecule has 2 amide bonds. The summed E-state index contributed by atoms with van der Waals surface area (Å²) < 4.78 is 5.02. The van der Waals surface area contributed by atoms with Gasteiger partial charge in [0.15, 0.2) is 0 Å². The van der Waals surface area contributed by atoms with Gasteiger partial charge in [-0.1, -0.05) is 42.5 Å². The molecule has 3 aliphatic rings. The SMILES string of the molecule is COCCNC(=O)c1ccccc1NC(=O)c1ccc2c(c1)[C@H]1[C@H]3CC[C@@H](C3)[C@@H]1[C@H](c1ccccc1)N2. The third kappa shape index (κ3) is 4.40. The number of rotatable bonds is 7. The number of amides is 2. The lowest BCUT2D eigenvalue weighted by molar-refractivity contribution is 0.0938. The highest BCUT2D eigenvalue weighted by Gasteiger charge is 2.53. The van der Waals surface area contributed by atoms with Crippen LogP contribution in [0.1, 0.15) is 63.1 Å². The van der Waals surface area contributed by atoms with Crippen LogP contribution in [0, 0.1) is 17.8 Å². The van der Waals surface area contributed by atoms with Gasteiger partial charge >= 0.3 is 0 Å². The number of methoxy groups -OCH3 is 1. The summed E-state index contributed by atoms with van der Waals surface area (Å²) in [4.78, 5) is 26.1. The molecule has 0 radical (unpaired) electrons. The van der Waals surface area contributed by atoms with Crippen molar-refractivity contribution in [1.82, 2.24) is 5.32 Å². The summed E-state index contributed by atoms with van der Waals surface area (Å²) in [5, 5.41) is 9.65. The van der Waals surface area contributed by atoms with Crippen LogP contribution in [0.2, 0.25) is 0 Å². The third-order valence-corrected chi connectivity index (χ3v) is 8.52. The molecule has 5 atom stereocenters. The van der Waals surface area contributed by atoms with E-state index in [2.05, 4.69) is 58.4 Å². The average Bonchev–Trinajstić information content (AvgIpc) is 3.56. The van der Waals surface area contributed by atoms with E-state index < -0.39 is 0 Å². The van der Waals surface area contributed by atoms with Crippen LogP contribution in [0.4, 0.5) is 11.4 Å². The average molecular weight is 496 g/mol. The lowest BCUT2D eigenvalue weighted by Gasteiger charge is -2.43. The van der Waals surface area contributed by atoms with E-state index in [9.17, 15) is 9.59 Å². The molecule has 6 heteroatoms. The Labute approximate surface area is 217 Å². The van der Waals surface area contributed by atoms with Gasteiger partial charge in [-0.05, 0) is 84.4 Å². The van der Waals surface area contributed by atoms with Gasteiger partial charge in [0.1, 0.15) is 0 Å². The first-order valence-electron chi connectivity index (χ1n) is 13.3. The van der Waals surface area contributed by atoms with Crippen LogP contribution < -0.4 is 16.0 Å². The largest absolute Gasteiger partial charge is 0.383 e. The second-order valence-corrected chi connectivity index (χ2v) is 10.5. The minimum Gasteiger partial charge on any atom is -0.383 e. The van der Waals surface area contributed by atoms with Gasteiger partial charge in [0, 0.05) is 24.9 Å². The minimum atomic E-state index is -0.237. The summed E-state index contributed by atoms with van der Waals surface area (Å²) in [5.41, 5.74) is 5.30. The summed E-state index contributed by atoms with van der Waals surface area (Å²) in [7, 11) is 1.59. The Morgan fingerprint density at radius 2 is 1.73 bits per heavy atom. The number of ether oxygens (including phenoxy) is 1. The van der Waals surface area contributed by atoms with Crippen molar-refractivity contribution < 1.29 is 14.3 Å². The fraction of sp³-hybridized carbons (Fsp3) is 0.355. The number of hydrogen-bond donors (Lipinski definition) is 3. The van der Waals surface area contributed by atoms with E-state index in [0.717, 1.165) is 11.6 Å². The van der Waals surface area contributed by atoms with Crippen molar-refractivity contribution in [2.75, 3.05) is 30.9 Å². The van der Waals surface area contributed by atoms with Gasteiger partial charge in [0.2, 0.25) is 0 Å². The predicted octanol–water partition coefficient (Wildman–Crippen LogP) is 5.61. The van der Waals surface area contributed by atoms with E-state index in [-0.39, 0.29) is 11.8 Å². The number of carbonyl (C=O) groups is 2. The van der Waals surface area contributed by atoms with E-state index >= 15 is 0 Å². The Morgan fingerprint density at radius 1 is 0.946 bits per heavy atom. The molecule has 2 aliphatic carbocycles. The highest BCUT2D eigenvalue weighted by molar-refractivity contribution is 6.09. The van der Waals surface area contributed by atoms with Crippen molar-refractivity contribution in [2.24, 2.45) is 17.8 Å². The van der Waals surface area contributed by atoms with Gasteiger partial charge in [-0.2, -0.15) is 0 Å². The number of carbonyl (C=O) groups excluding carboxylic acids is 2. The van der Waals surface area contributed by atoms with Crippen LogP contribution in [0.5, 0.6) is 0 Å². The van der Waals surface area contributed by atoms with Gasteiger partial charge in [-0.15, -0.1) is 0 Å². The van der Waals surface area contributed by atoms with Gasteiger partial charge in [-0.3, -0.25) is 9.59 Å². The molecule has 3 aromatic carbocycles. The monoisotopic (exact) mass is 495 g/mol. The molecule has 3 N–H and O–H groups in total. The molecule has 6 rings (SSSR count). The Balaban J connectivity index is 1.27. The molecular formula is C31H33N3O3. The van der Waals surface area contributed by atoms with E-state index in [4.69, 9.17) is 4.74 Å². The number of fused-ring (bicyclic) bond motifs is 7. The molecule has 0 saturated heterocycles. The van der Waals surface area contributed by atoms with Crippen molar-refractivity contribution in [3.8, 4) is 0 Å². The fourth-order valence-corrected chi connectivity index (χ4v) is 6.96. The molecule has 3 aromatic rings. The van der Waals surface area contributed by atoms with E-state index in [1.807, 2.05) is 12.1 Å². The van der Waals surface area contributed by atoms with Gasteiger partial charge in [0.25, 0.3) is 11.8 Å². The van der Waals surface area contributed by atoms with Crippen LogP contribution in [-0.2, 0) is 4.74 Å². The van der Waals surface area contributed by atoms with Gasteiger partial charge < -0.3 is 20.7 Å². The lowest BCUT2D eigenvalue weighted by Crippen LogP contribution is -2.35. The molecular weight excluding hydrogens is 462 g/mol. The van der Waals surface area contributed by atoms with Crippen molar-refractivity contribution in [1.29, 1.82) is 0 Å². The molecule has 1 aliphatic heterocycles. The number of para-hydroxylation sites is 1. The van der Waals surface area contributed by atoms with Crippen molar-refractivity contribution >= 4 is 23.2 Å². The van der Waals surface area contributed by atoms with Crippen molar-refractivity contribution in [3.63, 3.8) is 0 Å². The first kappa shape index (κ1) is 23.7. The predicted molar refractivity (Wildman–Crippen MR) is 145 cm³/mol. The fourth-order valence-electron chi connectivity index (χ4n) is 6.96. The number of anilines is 2. The Hall–Kier alpha value is -3.64. The summed E-state index contributed by atoms with van der Waals surface area (Å²) in [6.07, 6.45) is 3.85. The molecule has 2 fully saturated rings. The second-order valence-electron chi connectivity index (χ2n) is 10.5. The highest BCUT2D eigenvalue weighted by Crippen LogP contribution is 2.63. The van der Waals surface area contributed by atoms with Gasteiger partial charge in [-0.25, -0.2) is 0 Å². The minimum absolute atomic E-state index is 0.204. The number of hydrogen-bond acceptors (Lipinski definition) is 4. The molecule has 2 bridgehead atoms. The van der Waals surface area contributed by atoms with Crippen LogP contribution in [0.25, 0.3) is 0 Å². The smallest absolute Gasteiger partial charge is 0.255 e. The Kier molecular flexibility index (Phi) is 6.43. The lowest BCUT2D eigenvalue weighted by atomic mass is 9.68. The summed E-state index contributed by atoms with van der Waals surface area (Å²) in [6, 6.07) is 24.2. The zero-order chi connectivity index (χ0) is 25.4. The van der Waals surface area contributed by atoms with Crippen molar-refractivity contribution in [2.45, 2.75) is 31.2 Å². The number of nitrogens with one attached hydrogen (secondary N) is 3. The van der Waals surface area contributed by atoms with Crippen LogP contribution >= 0.6 is 0 Å². The zero-order valence-corrected chi connectivity index (χ0v) is 21.1. The Bertz CT molecular complexity index is 1310. The third-order valence-electron chi connectivity index (χ3n) is 8.52. The van der Waals surface area contributed by atoms with Gasteiger partial charge in [0.05, 0.1) is 23.9 Å². The highest BCUT2D eigenvalue weighted by atomic mass is 16.5. The summed E-state index contributed by atoms with van der Waals surface area (Å²) in [6.45, 7) is 0.836. The first-order valence-corrected chi connectivity index (χ1v) is 13.3. The standard InChI is InChI=1S/C31H33N3O3/c1-37-16-15-32-31(36)23-9-5-6-10-25(23)34-30(35)22-13-14-26-24(18-22)27-20-11-12-21(17-20)28(27)29(33-26)19-7-3-2-4-8-19/h2-10,13-14,18,20-21,27-29,33H,11-12,15-17H2,1H3,(H,32,36)(H,34,35)/t20-,21-,27+,28-,29-/m0/s1. The Morgan fingerprint density at radius 3 is 2.57 bits per heavy atom. The maximum absolute atomic E-state index is 13.4. The molecule has 1 heterocycles. The quantitative estimate of drug-likeness (QED) is 0.372. The van der Waals surface area contributed by atoms with E-state index in [0.29, 0.717) is 53.8 Å². The van der Waals surface area contributed by atoms with E-state index in [1.54, 1.807) is 25.3 Å². The van der Waals surface area contributed by atoms with Crippen LogP contribution in [-0.4, -0.2) is 32.1 Å². The summed E-state index contributed by atoms with van der Waals surface area (Å²) in [5.74, 6) is 1.97. The maximum atomic E-state index is 13.4. The molecule has 6 nitrogen and oxygen atoms in total. The number of benzene rings is 3. The maximum Gasteiger partial charge on any atom is 0.255 e. The van der Waals surface area contributed by atoms with Crippen LogP contribution in [0.15, 0.2) is 72.8 Å². The van der Waals surface area contributed by atoms with E-state index in [1.165, 1.54) is 30.4 Å². The molecule has 0 spiro atoms. The molecule has 0 aromatic heterocycles. The molecule has 190 valence electrons. The molecule has 2 saturated carbocycles. The summed E-state index contributed by atoms with van der Waals surface area (Å²) >= 11 is 0. The van der Waals surface area contributed by atoms with Crippen LogP contribution in [0.3, 0.4) is 0 Å². The molecule has 37 heavy (non-hydrogen) atoms. The first-order chi connectivity index (χ1) is 18.1. The normalized spacial score (nSPS) is 25.1. The van der Waals surface area contributed by atoms with Crippen molar-refractivity contribution in [3.05, 3.63) is 95.1 Å².